The number of rotatable bonds is 4. The molecular formula is C43H32N2O. The molecule has 7 aromatic rings. The molecule has 0 amide bonds. The molecule has 3 heteroatoms. The van der Waals surface area contributed by atoms with Crippen LogP contribution in [0.15, 0.2) is 158 Å². The molecule has 0 N–H and O–H groups in total. The van der Waals surface area contributed by atoms with Gasteiger partial charge in [-0.05, 0) is 70.6 Å². The molecule has 0 saturated carbocycles. The molecule has 0 atom stereocenters. The lowest BCUT2D eigenvalue weighted by Crippen LogP contribution is -2.34. The van der Waals surface area contributed by atoms with Crippen molar-refractivity contribution in [3.63, 3.8) is 0 Å². The zero-order chi connectivity index (χ0) is 30.8. The zero-order valence-electron chi connectivity index (χ0n) is 25.8. The molecule has 7 aromatic carbocycles. The zero-order valence-corrected chi connectivity index (χ0v) is 25.8. The van der Waals surface area contributed by atoms with E-state index in [2.05, 4.69) is 175 Å². The van der Waals surface area contributed by atoms with Crippen LogP contribution in [0.5, 0.6) is 11.5 Å². The van der Waals surface area contributed by atoms with Gasteiger partial charge in [0.1, 0.15) is 0 Å². The molecule has 0 bridgehead atoms. The van der Waals surface area contributed by atoms with E-state index in [1.54, 1.807) is 0 Å². The summed E-state index contributed by atoms with van der Waals surface area (Å²) >= 11 is 0. The molecule has 2 heterocycles. The molecule has 9 rings (SSSR count). The van der Waals surface area contributed by atoms with E-state index < -0.39 is 0 Å². The maximum Gasteiger partial charge on any atom is 0.152 e. The summed E-state index contributed by atoms with van der Waals surface area (Å²) in [7, 11) is 0. The van der Waals surface area contributed by atoms with Crippen LogP contribution < -0.4 is 14.5 Å². The van der Waals surface area contributed by atoms with Gasteiger partial charge in [-0.1, -0.05) is 123 Å². The van der Waals surface area contributed by atoms with Crippen molar-refractivity contribution in [2.75, 3.05) is 9.80 Å². The normalized spacial score (nSPS) is 13.7. The Hall–Kier alpha value is -5.80. The third kappa shape index (κ3) is 3.92. The summed E-state index contributed by atoms with van der Waals surface area (Å²) in [5, 5.41) is 2.41. The molecule has 46 heavy (non-hydrogen) atoms. The van der Waals surface area contributed by atoms with Gasteiger partial charge < -0.3 is 14.5 Å². The van der Waals surface area contributed by atoms with Crippen molar-refractivity contribution < 1.29 is 4.74 Å². The molecule has 2 aliphatic heterocycles. The highest BCUT2D eigenvalue weighted by Crippen LogP contribution is 2.62. The van der Waals surface area contributed by atoms with Crippen molar-refractivity contribution >= 4 is 44.9 Å². The summed E-state index contributed by atoms with van der Waals surface area (Å²) < 4.78 is 6.65. The average molecular weight is 593 g/mol. The van der Waals surface area contributed by atoms with Crippen LogP contribution in [0.3, 0.4) is 0 Å². The van der Waals surface area contributed by atoms with Crippen LogP contribution in [0, 0.1) is 0 Å². The fourth-order valence-corrected chi connectivity index (χ4v) is 7.46. The number of nitrogens with zero attached hydrogens (tertiary/aromatic N) is 2. The fourth-order valence-electron chi connectivity index (χ4n) is 7.46. The molecule has 0 aromatic heterocycles. The lowest BCUT2D eigenvalue weighted by molar-refractivity contribution is 0.471. The van der Waals surface area contributed by atoms with Crippen molar-refractivity contribution in [1.29, 1.82) is 0 Å². The number of hydrogen-bond donors (Lipinski definition) is 0. The third-order valence-corrected chi connectivity index (χ3v) is 9.59. The van der Waals surface area contributed by atoms with Gasteiger partial charge in [-0.15, -0.1) is 0 Å². The summed E-state index contributed by atoms with van der Waals surface area (Å²) in [5.41, 5.74) is 11.3. The van der Waals surface area contributed by atoms with Crippen LogP contribution in [0.1, 0.15) is 25.0 Å². The summed E-state index contributed by atoms with van der Waals surface area (Å²) in [6.07, 6.45) is 0. The molecular weight excluding hydrogens is 560 g/mol. The van der Waals surface area contributed by atoms with E-state index in [1.807, 2.05) is 6.07 Å². The molecule has 0 aliphatic carbocycles. The first kappa shape index (κ1) is 26.6. The molecule has 2 aliphatic rings. The van der Waals surface area contributed by atoms with Crippen LogP contribution in [0.2, 0.25) is 0 Å². The Morgan fingerprint density at radius 2 is 1.20 bits per heavy atom. The molecule has 0 fully saturated rings. The van der Waals surface area contributed by atoms with Gasteiger partial charge in [-0.25, -0.2) is 0 Å². The maximum absolute atomic E-state index is 6.65. The standard InChI is InChI=1S/C43H32N2O/c1-43(2)34-18-8-9-19-36(34)45-37-20-10-11-22-39(37)46-40-28-27-38(41(43)42(40)45)44(35-21-12-16-31-15-6-7-17-33(31)35)32-25-23-30(24-26-32)29-13-4-3-5-14-29/h3-28H,1-2H3. The van der Waals surface area contributed by atoms with Gasteiger partial charge in [-0.2, -0.15) is 0 Å². The first-order valence-electron chi connectivity index (χ1n) is 15.9. The Morgan fingerprint density at radius 1 is 0.522 bits per heavy atom. The van der Waals surface area contributed by atoms with Crippen LogP contribution in [-0.2, 0) is 5.41 Å². The Balaban J connectivity index is 1.34. The first-order chi connectivity index (χ1) is 22.6. The minimum atomic E-state index is -0.323. The van der Waals surface area contributed by atoms with Gasteiger partial charge in [0, 0.05) is 22.1 Å². The molecule has 0 saturated heterocycles. The second kappa shape index (κ2) is 10.1. The van der Waals surface area contributed by atoms with E-state index in [9.17, 15) is 0 Å². The van der Waals surface area contributed by atoms with E-state index >= 15 is 0 Å². The summed E-state index contributed by atoms with van der Waals surface area (Å²) in [6.45, 7) is 4.70. The van der Waals surface area contributed by atoms with Gasteiger partial charge in [0.15, 0.2) is 11.5 Å². The number of anilines is 6. The average Bonchev–Trinajstić information content (AvgIpc) is 3.11. The maximum atomic E-state index is 6.65. The highest BCUT2D eigenvalue weighted by Gasteiger charge is 2.44. The molecule has 220 valence electrons. The van der Waals surface area contributed by atoms with Gasteiger partial charge in [0.05, 0.1) is 28.4 Å². The van der Waals surface area contributed by atoms with E-state index in [1.165, 1.54) is 38.7 Å². The third-order valence-electron chi connectivity index (χ3n) is 9.59. The Kier molecular flexibility index (Phi) is 5.85. The molecule has 0 spiro atoms. The van der Waals surface area contributed by atoms with E-state index in [-0.39, 0.29) is 5.41 Å². The molecule has 3 nitrogen and oxygen atoms in total. The van der Waals surface area contributed by atoms with Gasteiger partial charge in [-0.3, -0.25) is 0 Å². The topological polar surface area (TPSA) is 15.7 Å². The number of para-hydroxylation sites is 3. The van der Waals surface area contributed by atoms with Crippen molar-refractivity contribution in [3.8, 4) is 22.6 Å². The van der Waals surface area contributed by atoms with Gasteiger partial charge in [0.25, 0.3) is 0 Å². The Labute approximate surface area is 269 Å². The number of ether oxygens (including phenoxy) is 1. The first-order valence-corrected chi connectivity index (χ1v) is 15.9. The second-order valence-electron chi connectivity index (χ2n) is 12.6. The quantitative estimate of drug-likeness (QED) is 0.202. The Morgan fingerprint density at radius 3 is 2.04 bits per heavy atom. The molecule has 0 radical (unpaired) electrons. The predicted molar refractivity (Wildman–Crippen MR) is 191 cm³/mol. The van der Waals surface area contributed by atoms with Crippen molar-refractivity contribution in [3.05, 3.63) is 169 Å². The lowest BCUT2D eigenvalue weighted by atomic mass is 9.72. The van der Waals surface area contributed by atoms with Crippen molar-refractivity contribution in [2.45, 2.75) is 19.3 Å². The highest BCUT2D eigenvalue weighted by molar-refractivity contribution is 6.02. The van der Waals surface area contributed by atoms with E-state index in [0.29, 0.717) is 0 Å². The van der Waals surface area contributed by atoms with Crippen molar-refractivity contribution in [1.82, 2.24) is 0 Å². The van der Waals surface area contributed by atoms with Crippen LogP contribution in [0.4, 0.5) is 34.1 Å². The van der Waals surface area contributed by atoms with Crippen LogP contribution in [0.25, 0.3) is 21.9 Å². The van der Waals surface area contributed by atoms with Crippen LogP contribution >= 0.6 is 0 Å². The van der Waals surface area contributed by atoms with Gasteiger partial charge >= 0.3 is 0 Å². The number of hydrogen-bond acceptors (Lipinski definition) is 3. The number of benzene rings is 7. The SMILES string of the molecule is CC1(C)c2ccccc2N2c3ccccc3Oc3ccc(N(c4ccc(-c5ccccc5)cc4)c4cccc5ccccc45)c1c32. The van der Waals surface area contributed by atoms with Gasteiger partial charge in [0.2, 0.25) is 0 Å². The second-order valence-corrected chi connectivity index (χ2v) is 12.6. The van der Waals surface area contributed by atoms with E-state index in [0.717, 1.165) is 39.9 Å². The van der Waals surface area contributed by atoms with E-state index in [4.69, 9.17) is 4.74 Å². The minimum Gasteiger partial charge on any atom is -0.453 e. The monoisotopic (exact) mass is 592 g/mol. The largest absolute Gasteiger partial charge is 0.453 e. The summed E-state index contributed by atoms with van der Waals surface area (Å²) in [6, 6.07) is 56.4. The lowest BCUT2D eigenvalue weighted by Gasteiger charge is -2.46. The summed E-state index contributed by atoms with van der Waals surface area (Å²) in [5.74, 6) is 1.74. The highest BCUT2D eigenvalue weighted by atomic mass is 16.5. The smallest absolute Gasteiger partial charge is 0.152 e. The predicted octanol–water partition coefficient (Wildman–Crippen LogP) is 12.2. The fraction of sp³-hybridized carbons (Fsp3) is 0.0698. The van der Waals surface area contributed by atoms with Crippen LogP contribution in [-0.4, -0.2) is 0 Å². The Bertz CT molecular complexity index is 2270. The minimum absolute atomic E-state index is 0.323. The number of fused-ring (bicyclic) bond motifs is 5. The molecule has 0 unspecified atom stereocenters. The summed E-state index contributed by atoms with van der Waals surface area (Å²) in [4.78, 5) is 4.86. The van der Waals surface area contributed by atoms with Crippen molar-refractivity contribution in [2.24, 2.45) is 0 Å².